The average Bonchev–Trinajstić information content (AvgIpc) is 2.42. The van der Waals surface area contributed by atoms with Crippen LogP contribution in [0, 0.1) is 6.92 Å². The van der Waals surface area contributed by atoms with Gasteiger partial charge in [0.2, 0.25) is 0 Å². The summed E-state index contributed by atoms with van der Waals surface area (Å²) in [7, 11) is 2.71. The van der Waals surface area contributed by atoms with Gasteiger partial charge in [-0.2, -0.15) is 0 Å². The number of hydrogen-bond donors (Lipinski definition) is 3. The van der Waals surface area contributed by atoms with Crippen LogP contribution in [-0.2, 0) is 9.53 Å². The molecule has 1 aromatic carbocycles. The van der Waals surface area contributed by atoms with E-state index in [9.17, 15) is 9.59 Å². The lowest BCUT2D eigenvalue weighted by Gasteiger charge is -2.14. The molecule has 1 atom stereocenters. The number of hydrogen-bond acceptors (Lipinski definition) is 4. The molecule has 0 aliphatic heterocycles. The lowest BCUT2D eigenvalue weighted by molar-refractivity contribution is -0.147. The maximum Gasteiger partial charge on any atom is 0.334 e. The van der Waals surface area contributed by atoms with Crippen LogP contribution >= 0.6 is 11.6 Å². The van der Waals surface area contributed by atoms with Crippen molar-refractivity contribution in [3.8, 4) is 5.75 Å². The standard InChI is InChI=1S/C13H17ClN2O5/c1-7-4-9(10(20-2)5-8(7)14)16-13(19)15-6-11(21-3)12(17)18/h4-5,11H,6H2,1-3H3,(H,17,18)(H2,15,16,19). The van der Waals surface area contributed by atoms with Crippen molar-refractivity contribution >= 4 is 29.3 Å². The van der Waals surface area contributed by atoms with Gasteiger partial charge in [0.15, 0.2) is 6.10 Å². The molecule has 0 aromatic heterocycles. The van der Waals surface area contributed by atoms with Crippen LogP contribution < -0.4 is 15.4 Å². The topological polar surface area (TPSA) is 96.9 Å². The molecule has 1 rings (SSSR count). The quantitative estimate of drug-likeness (QED) is 0.744. The van der Waals surface area contributed by atoms with E-state index in [-0.39, 0.29) is 6.54 Å². The maximum absolute atomic E-state index is 11.8. The second-order valence-electron chi connectivity index (χ2n) is 4.20. The highest BCUT2D eigenvalue weighted by atomic mass is 35.5. The molecule has 21 heavy (non-hydrogen) atoms. The van der Waals surface area contributed by atoms with Gasteiger partial charge in [0, 0.05) is 18.2 Å². The van der Waals surface area contributed by atoms with E-state index in [0.29, 0.717) is 16.5 Å². The predicted molar refractivity (Wildman–Crippen MR) is 78.2 cm³/mol. The molecule has 3 N–H and O–H groups in total. The Morgan fingerprint density at radius 1 is 1.38 bits per heavy atom. The van der Waals surface area contributed by atoms with E-state index in [1.165, 1.54) is 14.2 Å². The number of amides is 2. The fourth-order valence-corrected chi connectivity index (χ4v) is 1.71. The summed E-state index contributed by atoms with van der Waals surface area (Å²) in [5.41, 5.74) is 1.20. The fraction of sp³-hybridized carbons (Fsp3) is 0.385. The minimum absolute atomic E-state index is 0.160. The Labute approximate surface area is 127 Å². The molecule has 2 amide bonds. The van der Waals surface area contributed by atoms with E-state index in [1.54, 1.807) is 19.1 Å². The number of aryl methyl sites for hydroxylation is 1. The number of carboxylic acids is 1. The van der Waals surface area contributed by atoms with E-state index in [1.807, 2.05) is 0 Å². The molecule has 7 nitrogen and oxygen atoms in total. The third kappa shape index (κ3) is 4.80. The van der Waals surface area contributed by atoms with E-state index < -0.39 is 18.1 Å². The van der Waals surface area contributed by atoms with Crippen LogP contribution in [0.25, 0.3) is 0 Å². The van der Waals surface area contributed by atoms with Gasteiger partial charge in [-0.05, 0) is 18.6 Å². The fourth-order valence-electron chi connectivity index (χ4n) is 1.55. The monoisotopic (exact) mass is 316 g/mol. The normalized spacial score (nSPS) is 11.6. The van der Waals surface area contributed by atoms with E-state index in [0.717, 1.165) is 5.56 Å². The number of carbonyl (C=O) groups is 2. The number of nitrogens with one attached hydrogen (secondary N) is 2. The molecule has 8 heteroatoms. The number of aliphatic carboxylic acids is 1. The van der Waals surface area contributed by atoms with Gasteiger partial charge in [0.05, 0.1) is 19.3 Å². The lowest BCUT2D eigenvalue weighted by Crippen LogP contribution is -2.39. The first kappa shape index (κ1) is 17.1. The molecule has 1 unspecified atom stereocenters. The predicted octanol–water partition coefficient (Wildman–Crippen LogP) is 1.88. The molecule has 0 bridgehead atoms. The SMILES string of the molecule is COc1cc(Cl)c(C)cc1NC(=O)NCC(OC)C(=O)O. The third-order valence-electron chi connectivity index (χ3n) is 2.74. The summed E-state index contributed by atoms with van der Waals surface area (Å²) in [6, 6.07) is 2.67. The molecular weight excluding hydrogens is 300 g/mol. The Morgan fingerprint density at radius 3 is 2.57 bits per heavy atom. The molecule has 0 aliphatic rings. The second-order valence-corrected chi connectivity index (χ2v) is 4.61. The van der Waals surface area contributed by atoms with Gasteiger partial charge in [-0.3, -0.25) is 0 Å². The number of carbonyl (C=O) groups excluding carboxylic acids is 1. The van der Waals surface area contributed by atoms with Crippen LogP contribution in [0.5, 0.6) is 5.75 Å². The summed E-state index contributed by atoms with van der Waals surface area (Å²) >= 11 is 5.97. The highest BCUT2D eigenvalue weighted by molar-refractivity contribution is 6.31. The molecular formula is C13H17ClN2O5. The van der Waals surface area contributed by atoms with Crippen molar-refractivity contribution in [2.24, 2.45) is 0 Å². The first-order valence-electron chi connectivity index (χ1n) is 6.03. The number of benzene rings is 1. The Hall–Kier alpha value is -1.99. The summed E-state index contributed by atoms with van der Waals surface area (Å²) in [4.78, 5) is 22.5. The maximum atomic E-state index is 11.8. The summed E-state index contributed by atoms with van der Waals surface area (Å²) < 4.78 is 9.83. The number of carboxylic acid groups (broad SMARTS) is 1. The average molecular weight is 317 g/mol. The molecule has 0 aliphatic carbocycles. The summed E-state index contributed by atoms with van der Waals surface area (Å²) in [6.45, 7) is 1.63. The largest absolute Gasteiger partial charge is 0.495 e. The lowest BCUT2D eigenvalue weighted by atomic mass is 10.2. The molecule has 0 radical (unpaired) electrons. The third-order valence-corrected chi connectivity index (χ3v) is 3.14. The van der Waals surface area contributed by atoms with Crippen molar-refractivity contribution < 1.29 is 24.2 Å². The van der Waals surface area contributed by atoms with Crippen LogP contribution in [-0.4, -0.2) is 44.0 Å². The van der Waals surface area contributed by atoms with E-state index in [4.69, 9.17) is 26.2 Å². The molecule has 116 valence electrons. The first-order valence-corrected chi connectivity index (χ1v) is 6.41. The van der Waals surface area contributed by atoms with Crippen LogP contribution in [0.4, 0.5) is 10.5 Å². The first-order chi connectivity index (χ1) is 9.88. The van der Waals surface area contributed by atoms with Gasteiger partial charge in [-0.1, -0.05) is 11.6 Å². The van der Waals surface area contributed by atoms with Gasteiger partial charge in [-0.15, -0.1) is 0 Å². The van der Waals surface area contributed by atoms with Crippen molar-refractivity contribution in [2.75, 3.05) is 26.1 Å². The molecule has 0 saturated carbocycles. The van der Waals surface area contributed by atoms with Gasteiger partial charge in [0.25, 0.3) is 0 Å². The Bertz CT molecular complexity index is 536. The number of anilines is 1. The summed E-state index contributed by atoms with van der Waals surface area (Å²) in [6.07, 6.45) is -1.11. The van der Waals surface area contributed by atoms with Gasteiger partial charge in [0.1, 0.15) is 5.75 Å². The molecule has 0 saturated heterocycles. The van der Waals surface area contributed by atoms with Crippen molar-refractivity contribution in [1.82, 2.24) is 5.32 Å². The number of urea groups is 1. The molecule has 1 aromatic rings. The molecule has 0 spiro atoms. The Kier molecular flexibility index (Phi) is 6.26. The summed E-state index contributed by atoms with van der Waals surface area (Å²) in [5, 5.41) is 14.3. The highest BCUT2D eigenvalue weighted by Gasteiger charge is 2.17. The van der Waals surface area contributed by atoms with Crippen molar-refractivity contribution in [1.29, 1.82) is 0 Å². The zero-order valence-corrected chi connectivity index (χ0v) is 12.7. The highest BCUT2D eigenvalue weighted by Crippen LogP contribution is 2.30. The summed E-state index contributed by atoms with van der Waals surface area (Å²) in [5.74, 6) is -0.750. The van der Waals surface area contributed by atoms with Gasteiger partial charge >= 0.3 is 12.0 Å². The Balaban J connectivity index is 2.71. The minimum Gasteiger partial charge on any atom is -0.495 e. The van der Waals surface area contributed by atoms with Crippen LogP contribution in [0.1, 0.15) is 5.56 Å². The zero-order valence-electron chi connectivity index (χ0n) is 11.9. The second kappa shape index (κ2) is 7.70. The Morgan fingerprint density at radius 2 is 2.05 bits per heavy atom. The van der Waals surface area contributed by atoms with Gasteiger partial charge in [-0.25, -0.2) is 9.59 Å². The van der Waals surface area contributed by atoms with E-state index >= 15 is 0 Å². The van der Waals surface area contributed by atoms with E-state index in [2.05, 4.69) is 10.6 Å². The smallest absolute Gasteiger partial charge is 0.334 e. The number of ether oxygens (including phenoxy) is 2. The molecule has 0 heterocycles. The van der Waals surface area contributed by atoms with Crippen molar-refractivity contribution in [2.45, 2.75) is 13.0 Å². The number of rotatable bonds is 6. The van der Waals surface area contributed by atoms with Crippen molar-refractivity contribution in [3.63, 3.8) is 0 Å². The van der Waals surface area contributed by atoms with Crippen LogP contribution in [0.2, 0.25) is 5.02 Å². The van der Waals surface area contributed by atoms with Crippen molar-refractivity contribution in [3.05, 3.63) is 22.7 Å². The number of halogens is 1. The minimum atomic E-state index is -1.15. The van der Waals surface area contributed by atoms with Crippen LogP contribution in [0.3, 0.4) is 0 Å². The number of methoxy groups -OCH3 is 2. The molecule has 0 fully saturated rings. The van der Waals surface area contributed by atoms with Crippen LogP contribution in [0.15, 0.2) is 12.1 Å². The van der Waals surface area contributed by atoms with Gasteiger partial charge < -0.3 is 25.2 Å². The zero-order chi connectivity index (χ0) is 16.0.